The summed E-state index contributed by atoms with van der Waals surface area (Å²) in [5, 5.41) is 9.18. The Bertz CT molecular complexity index is 280. The third-order valence-corrected chi connectivity index (χ3v) is 2.56. The summed E-state index contributed by atoms with van der Waals surface area (Å²) in [5.41, 5.74) is 5.71. The minimum absolute atomic E-state index is 0.293. The Morgan fingerprint density at radius 2 is 2.07 bits per heavy atom. The minimum atomic E-state index is 0.293. The summed E-state index contributed by atoms with van der Waals surface area (Å²) < 4.78 is 5.45. The highest BCUT2D eigenvalue weighted by Crippen LogP contribution is 2.21. The van der Waals surface area contributed by atoms with Crippen LogP contribution in [0.5, 0.6) is 5.19 Å². The monoisotopic (exact) mass is 215 g/mol. The molecular weight excluding hydrogens is 198 g/mol. The molecule has 14 heavy (non-hydrogen) atoms. The van der Waals surface area contributed by atoms with Crippen molar-refractivity contribution in [3.8, 4) is 5.19 Å². The second-order valence-electron chi connectivity index (χ2n) is 4.32. The molecule has 0 aliphatic heterocycles. The van der Waals surface area contributed by atoms with Gasteiger partial charge >= 0.3 is 0 Å². The quantitative estimate of drug-likeness (QED) is 0.832. The lowest BCUT2D eigenvalue weighted by molar-refractivity contribution is 0.241. The lowest BCUT2D eigenvalue weighted by atomic mass is 9.93. The molecule has 1 aromatic rings. The highest BCUT2D eigenvalue weighted by atomic mass is 32.1. The van der Waals surface area contributed by atoms with Gasteiger partial charge in [0.1, 0.15) is 5.01 Å². The van der Waals surface area contributed by atoms with Gasteiger partial charge in [0.05, 0.1) is 6.61 Å². The number of rotatable bonds is 4. The summed E-state index contributed by atoms with van der Waals surface area (Å²) in [6.07, 6.45) is 1.00. The van der Waals surface area contributed by atoms with Crippen molar-refractivity contribution in [2.75, 3.05) is 6.61 Å². The van der Waals surface area contributed by atoms with Crippen LogP contribution < -0.4 is 10.5 Å². The molecule has 0 aliphatic rings. The standard InChI is InChI=1S/C9H17N3OS/c1-9(2,3)4-5-13-8-12-11-7(6-10)14-8/h4-6,10H2,1-3H3. The van der Waals surface area contributed by atoms with E-state index in [1.807, 2.05) is 0 Å². The Morgan fingerprint density at radius 3 is 2.57 bits per heavy atom. The minimum Gasteiger partial charge on any atom is -0.469 e. The van der Waals surface area contributed by atoms with Gasteiger partial charge in [0.2, 0.25) is 0 Å². The molecule has 0 saturated carbocycles. The van der Waals surface area contributed by atoms with Crippen molar-refractivity contribution < 1.29 is 4.74 Å². The molecule has 0 spiro atoms. The molecule has 0 bridgehead atoms. The second kappa shape index (κ2) is 4.70. The molecule has 1 heterocycles. The lowest BCUT2D eigenvalue weighted by Gasteiger charge is -2.16. The summed E-state index contributed by atoms with van der Waals surface area (Å²) in [7, 11) is 0. The van der Waals surface area contributed by atoms with Gasteiger partial charge in [-0.3, -0.25) is 0 Å². The average Bonchev–Trinajstić information content (AvgIpc) is 2.50. The fraction of sp³-hybridized carbons (Fsp3) is 0.778. The van der Waals surface area contributed by atoms with Gasteiger partial charge < -0.3 is 10.5 Å². The molecule has 5 heteroatoms. The van der Waals surface area contributed by atoms with Crippen molar-refractivity contribution in [1.29, 1.82) is 0 Å². The Hall–Kier alpha value is -0.680. The number of aromatic nitrogens is 2. The van der Waals surface area contributed by atoms with Crippen LogP contribution in [0.3, 0.4) is 0 Å². The molecule has 0 fully saturated rings. The fourth-order valence-electron chi connectivity index (χ4n) is 0.824. The molecule has 0 saturated heterocycles. The largest absolute Gasteiger partial charge is 0.469 e. The zero-order valence-corrected chi connectivity index (χ0v) is 9.73. The van der Waals surface area contributed by atoms with Crippen LogP contribution in [0.2, 0.25) is 0 Å². The number of nitrogens with zero attached hydrogens (tertiary/aromatic N) is 2. The van der Waals surface area contributed by atoms with Crippen molar-refractivity contribution in [3.05, 3.63) is 5.01 Å². The number of ether oxygens (including phenoxy) is 1. The van der Waals surface area contributed by atoms with Crippen molar-refractivity contribution in [2.45, 2.75) is 33.7 Å². The Labute approximate surface area is 88.5 Å². The van der Waals surface area contributed by atoms with E-state index >= 15 is 0 Å². The lowest BCUT2D eigenvalue weighted by Crippen LogP contribution is -2.10. The smallest absolute Gasteiger partial charge is 0.294 e. The number of hydrogen-bond donors (Lipinski definition) is 1. The number of hydrogen-bond acceptors (Lipinski definition) is 5. The summed E-state index contributed by atoms with van der Waals surface area (Å²) >= 11 is 1.41. The molecule has 0 aromatic carbocycles. The van der Waals surface area contributed by atoms with Crippen LogP contribution in [-0.4, -0.2) is 16.8 Å². The van der Waals surface area contributed by atoms with Crippen LogP contribution in [0.15, 0.2) is 0 Å². The molecule has 1 rings (SSSR count). The highest BCUT2D eigenvalue weighted by molar-refractivity contribution is 7.13. The van der Waals surface area contributed by atoms with Crippen LogP contribution >= 0.6 is 11.3 Å². The van der Waals surface area contributed by atoms with E-state index in [1.54, 1.807) is 0 Å². The van der Waals surface area contributed by atoms with E-state index in [0.717, 1.165) is 11.4 Å². The van der Waals surface area contributed by atoms with Gasteiger partial charge in [0.15, 0.2) is 0 Å². The predicted molar refractivity (Wildman–Crippen MR) is 57.4 cm³/mol. The topological polar surface area (TPSA) is 61.0 Å². The van der Waals surface area contributed by atoms with Crippen molar-refractivity contribution >= 4 is 11.3 Å². The zero-order valence-electron chi connectivity index (χ0n) is 8.91. The maximum Gasteiger partial charge on any atom is 0.294 e. The van der Waals surface area contributed by atoms with Gasteiger partial charge in [0.25, 0.3) is 5.19 Å². The Kier molecular flexibility index (Phi) is 3.83. The fourth-order valence-corrected chi connectivity index (χ4v) is 1.41. The molecule has 0 atom stereocenters. The van der Waals surface area contributed by atoms with E-state index in [1.165, 1.54) is 11.3 Å². The first kappa shape index (κ1) is 11.4. The molecule has 0 unspecified atom stereocenters. The SMILES string of the molecule is CC(C)(C)CCOc1nnc(CN)s1. The van der Waals surface area contributed by atoms with Crippen molar-refractivity contribution in [3.63, 3.8) is 0 Å². The Morgan fingerprint density at radius 1 is 1.36 bits per heavy atom. The van der Waals surface area contributed by atoms with Crippen LogP contribution in [0.4, 0.5) is 0 Å². The molecule has 1 aromatic heterocycles. The molecular formula is C9H17N3OS. The maximum absolute atomic E-state index is 5.45. The normalized spacial score (nSPS) is 11.7. The first-order valence-electron chi connectivity index (χ1n) is 4.66. The zero-order chi connectivity index (χ0) is 10.6. The van der Waals surface area contributed by atoms with E-state index in [9.17, 15) is 0 Å². The van der Waals surface area contributed by atoms with E-state index in [2.05, 4.69) is 31.0 Å². The third kappa shape index (κ3) is 4.02. The Balaban J connectivity index is 2.31. The van der Waals surface area contributed by atoms with Crippen LogP contribution in [0, 0.1) is 5.41 Å². The predicted octanol–water partition coefficient (Wildman–Crippen LogP) is 1.81. The number of nitrogens with two attached hydrogens (primary N) is 1. The average molecular weight is 215 g/mol. The van der Waals surface area contributed by atoms with Gasteiger partial charge in [-0.1, -0.05) is 32.1 Å². The highest BCUT2D eigenvalue weighted by Gasteiger charge is 2.11. The van der Waals surface area contributed by atoms with Crippen LogP contribution in [-0.2, 0) is 6.54 Å². The van der Waals surface area contributed by atoms with E-state index in [4.69, 9.17) is 10.5 Å². The van der Waals surface area contributed by atoms with Crippen LogP contribution in [0.25, 0.3) is 0 Å². The van der Waals surface area contributed by atoms with E-state index < -0.39 is 0 Å². The first-order chi connectivity index (χ1) is 6.51. The van der Waals surface area contributed by atoms with Gasteiger partial charge in [-0.15, -0.1) is 10.2 Å². The van der Waals surface area contributed by atoms with Gasteiger partial charge in [-0.2, -0.15) is 0 Å². The summed E-state index contributed by atoms with van der Waals surface area (Å²) in [6, 6.07) is 0. The maximum atomic E-state index is 5.45. The molecule has 2 N–H and O–H groups in total. The van der Waals surface area contributed by atoms with Gasteiger partial charge in [-0.25, -0.2) is 0 Å². The third-order valence-electron chi connectivity index (χ3n) is 1.70. The molecule has 0 aliphatic carbocycles. The molecule has 0 radical (unpaired) electrons. The molecule has 0 amide bonds. The summed E-state index contributed by atoms with van der Waals surface area (Å²) in [5.74, 6) is 0. The molecule has 80 valence electrons. The van der Waals surface area contributed by atoms with Gasteiger partial charge in [0, 0.05) is 6.54 Å². The van der Waals surface area contributed by atoms with E-state index in [-0.39, 0.29) is 0 Å². The summed E-state index contributed by atoms with van der Waals surface area (Å²) in [4.78, 5) is 0. The molecule has 4 nitrogen and oxygen atoms in total. The van der Waals surface area contributed by atoms with Gasteiger partial charge in [-0.05, 0) is 11.8 Å². The second-order valence-corrected chi connectivity index (χ2v) is 5.35. The first-order valence-corrected chi connectivity index (χ1v) is 5.48. The van der Waals surface area contributed by atoms with E-state index in [0.29, 0.717) is 23.8 Å². The van der Waals surface area contributed by atoms with Crippen molar-refractivity contribution in [1.82, 2.24) is 10.2 Å². The van der Waals surface area contributed by atoms with Crippen LogP contribution in [0.1, 0.15) is 32.2 Å². The summed E-state index contributed by atoms with van der Waals surface area (Å²) in [6.45, 7) is 7.66. The van der Waals surface area contributed by atoms with Crippen molar-refractivity contribution in [2.24, 2.45) is 11.1 Å².